The van der Waals surface area contributed by atoms with E-state index in [1.807, 2.05) is 0 Å². The number of rotatable bonds is 3. The van der Waals surface area contributed by atoms with Crippen molar-refractivity contribution in [2.24, 2.45) is 0 Å². The summed E-state index contributed by atoms with van der Waals surface area (Å²) in [5, 5.41) is 2.62. The quantitative estimate of drug-likeness (QED) is 0.473. The van der Waals surface area contributed by atoms with E-state index in [1.54, 1.807) is 55.6 Å². The van der Waals surface area contributed by atoms with Gasteiger partial charge in [0.2, 0.25) is 0 Å². The molecule has 0 unspecified atom stereocenters. The number of halogens is 1. The summed E-state index contributed by atoms with van der Waals surface area (Å²) in [5.74, 6) is -0.287. The topological polar surface area (TPSA) is 58.6 Å². The van der Waals surface area contributed by atoms with Crippen molar-refractivity contribution in [3.63, 3.8) is 0 Å². The molecule has 7 heteroatoms. The summed E-state index contributed by atoms with van der Waals surface area (Å²) >= 11 is 8.51. The van der Waals surface area contributed by atoms with E-state index in [0.29, 0.717) is 17.0 Å². The van der Waals surface area contributed by atoms with E-state index in [4.69, 9.17) is 17.0 Å². The average molecular weight is 417 g/mol. The van der Waals surface area contributed by atoms with Gasteiger partial charge in [-0.3, -0.25) is 19.8 Å². The summed E-state index contributed by atoms with van der Waals surface area (Å²) in [6.45, 7) is 0. The predicted octanol–water partition coefficient (Wildman–Crippen LogP) is 3.29. The third kappa shape index (κ3) is 3.62. The lowest BCUT2D eigenvalue weighted by molar-refractivity contribution is -0.122. The molecule has 0 atom stereocenters. The van der Waals surface area contributed by atoms with E-state index < -0.39 is 11.8 Å². The van der Waals surface area contributed by atoms with Crippen molar-refractivity contribution >= 4 is 56.8 Å². The van der Waals surface area contributed by atoms with Crippen LogP contribution < -0.4 is 15.0 Å². The van der Waals surface area contributed by atoms with Crippen molar-refractivity contribution in [2.75, 3.05) is 12.0 Å². The van der Waals surface area contributed by atoms with Crippen LogP contribution in [-0.2, 0) is 9.59 Å². The second-order valence-electron chi connectivity index (χ2n) is 5.21. The fourth-order valence-corrected chi connectivity index (χ4v) is 2.89. The molecule has 126 valence electrons. The van der Waals surface area contributed by atoms with Crippen molar-refractivity contribution in [3.8, 4) is 5.75 Å². The van der Waals surface area contributed by atoms with Crippen LogP contribution in [0.3, 0.4) is 0 Å². The lowest BCUT2D eigenvalue weighted by atomic mass is 10.1. The Morgan fingerprint density at radius 1 is 1.08 bits per heavy atom. The second-order valence-corrected chi connectivity index (χ2v) is 6.51. The van der Waals surface area contributed by atoms with E-state index in [2.05, 4.69) is 21.2 Å². The van der Waals surface area contributed by atoms with Crippen LogP contribution in [0, 0.1) is 0 Å². The van der Waals surface area contributed by atoms with Crippen LogP contribution in [0.5, 0.6) is 5.75 Å². The molecule has 1 saturated heterocycles. The number of benzene rings is 2. The largest absolute Gasteiger partial charge is 0.497 e. The van der Waals surface area contributed by atoms with Crippen LogP contribution in [-0.4, -0.2) is 24.0 Å². The van der Waals surface area contributed by atoms with E-state index in [1.165, 1.54) is 11.0 Å². The Hall–Kier alpha value is -2.51. The summed E-state index contributed by atoms with van der Waals surface area (Å²) in [5.41, 5.74) is 1.31. The Morgan fingerprint density at radius 2 is 1.72 bits per heavy atom. The molecule has 1 heterocycles. The highest BCUT2D eigenvalue weighted by atomic mass is 79.9. The number of thiocarbonyl (C=S) groups is 1. The van der Waals surface area contributed by atoms with Gasteiger partial charge in [-0.25, -0.2) is 0 Å². The van der Waals surface area contributed by atoms with Crippen LogP contribution in [0.4, 0.5) is 5.69 Å². The Morgan fingerprint density at radius 3 is 2.32 bits per heavy atom. The maximum absolute atomic E-state index is 12.8. The lowest BCUT2D eigenvalue weighted by Crippen LogP contribution is -2.54. The third-order valence-electron chi connectivity index (χ3n) is 3.61. The minimum absolute atomic E-state index is 0.0154. The minimum Gasteiger partial charge on any atom is -0.497 e. The van der Waals surface area contributed by atoms with Crippen molar-refractivity contribution in [1.29, 1.82) is 0 Å². The van der Waals surface area contributed by atoms with Gasteiger partial charge >= 0.3 is 0 Å². The first-order valence-electron chi connectivity index (χ1n) is 7.30. The highest BCUT2D eigenvalue weighted by Crippen LogP contribution is 2.24. The Balaban J connectivity index is 1.97. The number of nitrogens with one attached hydrogen (secondary N) is 1. The molecule has 0 aliphatic carbocycles. The number of anilines is 1. The Kier molecular flexibility index (Phi) is 4.96. The van der Waals surface area contributed by atoms with Gasteiger partial charge in [-0.05, 0) is 60.3 Å². The van der Waals surface area contributed by atoms with Gasteiger partial charge in [0.05, 0.1) is 12.8 Å². The maximum atomic E-state index is 12.8. The molecule has 2 aromatic carbocycles. The standard InChI is InChI=1S/C18H13BrN2O3S/c1-24-14-8-2-11(3-9-14)10-15-16(22)20-18(25)21(17(15)23)13-6-4-12(19)5-7-13/h2-10H,1H3,(H,20,22,25). The zero-order valence-corrected chi connectivity index (χ0v) is 15.6. The minimum atomic E-state index is -0.515. The first kappa shape index (κ1) is 17.3. The summed E-state index contributed by atoms with van der Waals surface area (Å²) in [6.07, 6.45) is 1.53. The first-order valence-corrected chi connectivity index (χ1v) is 8.51. The SMILES string of the molecule is COc1ccc(C=C2C(=O)NC(=S)N(c3ccc(Br)cc3)C2=O)cc1. The molecule has 0 spiro atoms. The van der Waals surface area contributed by atoms with Crippen molar-refractivity contribution in [1.82, 2.24) is 5.32 Å². The highest BCUT2D eigenvalue weighted by Gasteiger charge is 2.34. The molecule has 1 N–H and O–H groups in total. The predicted molar refractivity (Wildman–Crippen MR) is 103 cm³/mol. The monoisotopic (exact) mass is 416 g/mol. The molecule has 0 radical (unpaired) electrons. The third-order valence-corrected chi connectivity index (χ3v) is 4.43. The number of amides is 2. The second kappa shape index (κ2) is 7.16. The number of carbonyl (C=O) groups excluding carboxylic acids is 2. The van der Waals surface area contributed by atoms with Crippen LogP contribution in [0.25, 0.3) is 6.08 Å². The molecule has 1 fully saturated rings. The normalized spacial score (nSPS) is 16.2. The summed E-state index contributed by atoms with van der Waals surface area (Å²) in [6, 6.07) is 14.1. The van der Waals surface area contributed by atoms with Gasteiger partial charge < -0.3 is 4.74 Å². The fourth-order valence-electron chi connectivity index (χ4n) is 2.35. The van der Waals surface area contributed by atoms with Crippen molar-refractivity contribution < 1.29 is 14.3 Å². The molecular weight excluding hydrogens is 404 g/mol. The number of methoxy groups -OCH3 is 1. The van der Waals surface area contributed by atoms with Crippen molar-refractivity contribution in [3.05, 3.63) is 64.1 Å². The van der Waals surface area contributed by atoms with E-state index in [-0.39, 0.29) is 10.7 Å². The lowest BCUT2D eigenvalue weighted by Gasteiger charge is -2.29. The van der Waals surface area contributed by atoms with Crippen LogP contribution in [0.2, 0.25) is 0 Å². The van der Waals surface area contributed by atoms with Crippen LogP contribution in [0.1, 0.15) is 5.56 Å². The maximum Gasteiger partial charge on any atom is 0.270 e. The molecule has 1 aliphatic rings. The number of nitrogens with zero attached hydrogens (tertiary/aromatic N) is 1. The van der Waals surface area contributed by atoms with E-state index in [0.717, 1.165) is 4.47 Å². The molecule has 0 bridgehead atoms. The fraction of sp³-hybridized carbons (Fsp3) is 0.0556. The van der Waals surface area contributed by atoms with Crippen LogP contribution >= 0.6 is 28.1 Å². The molecule has 0 aromatic heterocycles. The van der Waals surface area contributed by atoms with Gasteiger partial charge in [0.15, 0.2) is 5.11 Å². The molecule has 3 rings (SSSR count). The number of carbonyl (C=O) groups is 2. The molecule has 0 saturated carbocycles. The smallest absolute Gasteiger partial charge is 0.270 e. The van der Waals surface area contributed by atoms with Gasteiger partial charge in [-0.2, -0.15) is 0 Å². The Bertz CT molecular complexity index is 876. The van der Waals surface area contributed by atoms with Gasteiger partial charge in [0, 0.05) is 4.47 Å². The molecule has 2 aromatic rings. The molecule has 25 heavy (non-hydrogen) atoms. The van der Waals surface area contributed by atoms with Gasteiger partial charge in [-0.1, -0.05) is 28.1 Å². The van der Waals surface area contributed by atoms with Gasteiger partial charge in [0.1, 0.15) is 11.3 Å². The highest BCUT2D eigenvalue weighted by molar-refractivity contribution is 9.10. The molecule has 2 amide bonds. The van der Waals surface area contributed by atoms with Gasteiger partial charge in [0.25, 0.3) is 11.8 Å². The molecule has 1 aliphatic heterocycles. The number of ether oxygens (including phenoxy) is 1. The van der Waals surface area contributed by atoms with E-state index in [9.17, 15) is 9.59 Å². The zero-order chi connectivity index (χ0) is 18.0. The first-order chi connectivity index (χ1) is 12.0. The van der Waals surface area contributed by atoms with Crippen molar-refractivity contribution in [2.45, 2.75) is 0 Å². The molecular formula is C18H13BrN2O3S. The molecule has 5 nitrogen and oxygen atoms in total. The summed E-state index contributed by atoms with van der Waals surface area (Å²) in [4.78, 5) is 26.4. The van der Waals surface area contributed by atoms with Gasteiger partial charge in [-0.15, -0.1) is 0 Å². The zero-order valence-electron chi connectivity index (χ0n) is 13.2. The van der Waals surface area contributed by atoms with Crippen LogP contribution in [0.15, 0.2) is 58.6 Å². The van der Waals surface area contributed by atoms with E-state index >= 15 is 0 Å². The summed E-state index contributed by atoms with van der Waals surface area (Å²) in [7, 11) is 1.57. The number of hydrogen-bond donors (Lipinski definition) is 1. The summed E-state index contributed by atoms with van der Waals surface area (Å²) < 4.78 is 5.98. The number of hydrogen-bond acceptors (Lipinski definition) is 4. The Labute approximate surface area is 158 Å². The average Bonchev–Trinajstić information content (AvgIpc) is 2.60.